The van der Waals surface area contributed by atoms with Crippen LogP contribution in [-0.4, -0.2) is 21.9 Å². The van der Waals surface area contributed by atoms with Gasteiger partial charge in [-0.1, -0.05) is 42.5 Å². The van der Waals surface area contributed by atoms with Crippen LogP contribution >= 0.6 is 0 Å². The summed E-state index contributed by atoms with van der Waals surface area (Å²) in [7, 11) is -1.44. The number of hydrogen-bond donors (Lipinski definition) is 0. The van der Waals surface area contributed by atoms with Crippen LogP contribution in [0.15, 0.2) is 59.5 Å². The van der Waals surface area contributed by atoms with Crippen LogP contribution in [-0.2, 0) is 9.84 Å². The number of benzene rings is 2. The van der Waals surface area contributed by atoms with E-state index in [9.17, 15) is 8.42 Å². The first-order chi connectivity index (χ1) is 8.13. The molecule has 0 atom stereocenters. The lowest BCUT2D eigenvalue weighted by Gasteiger charge is -2.04. The van der Waals surface area contributed by atoms with Gasteiger partial charge in [0.2, 0.25) is 0 Å². The molecule has 0 spiro atoms. The minimum absolute atomic E-state index is 0.137. The summed E-state index contributed by atoms with van der Waals surface area (Å²) in [4.78, 5) is 0.389. The molecule has 0 heterocycles. The van der Waals surface area contributed by atoms with Crippen molar-refractivity contribution in [2.75, 3.05) is 5.65 Å². The van der Waals surface area contributed by atoms with E-state index in [4.69, 9.17) is 0 Å². The maximum absolute atomic E-state index is 11.6. The molecule has 17 heavy (non-hydrogen) atoms. The molecule has 2 nitrogen and oxygen atoms in total. The molecule has 0 unspecified atom stereocenters. The van der Waals surface area contributed by atoms with Gasteiger partial charge < -0.3 is 0 Å². The monoisotopic (exact) mass is 244 g/mol. The Hall–Kier alpha value is -1.55. The van der Waals surface area contributed by atoms with Crippen LogP contribution in [0.2, 0.25) is 0 Å². The van der Waals surface area contributed by atoms with Gasteiger partial charge in [0.1, 0.15) is 7.85 Å². The van der Waals surface area contributed by atoms with Gasteiger partial charge in [0.25, 0.3) is 0 Å². The first kappa shape index (κ1) is 11.9. The van der Waals surface area contributed by atoms with Crippen LogP contribution in [0.25, 0.3) is 11.1 Å². The fourth-order valence-electron chi connectivity index (χ4n) is 1.65. The van der Waals surface area contributed by atoms with Gasteiger partial charge in [-0.25, -0.2) is 8.42 Å². The first-order valence-corrected chi connectivity index (χ1v) is 7.17. The lowest BCUT2D eigenvalue weighted by atomic mass is 10.1. The van der Waals surface area contributed by atoms with Crippen LogP contribution in [0.1, 0.15) is 0 Å². The van der Waals surface area contributed by atoms with Gasteiger partial charge >= 0.3 is 0 Å². The smallest absolute Gasteiger partial charge is 0.170 e. The van der Waals surface area contributed by atoms with Gasteiger partial charge in [-0.2, -0.15) is 0 Å². The van der Waals surface area contributed by atoms with E-state index in [0.717, 1.165) is 11.1 Å². The van der Waals surface area contributed by atoms with Gasteiger partial charge in [0.15, 0.2) is 9.84 Å². The van der Waals surface area contributed by atoms with Crippen molar-refractivity contribution in [1.29, 1.82) is 0 Å². The van der Waals surface area contributed by atoms with Gasteiger partial charge in [-0.3, -0.25) is 0 Å². The summed E-state index contributed by atoms with van der Waals surface area (Å²) in [6.45, 7) is 0. The van der Waals surface area contributed by atoms with Gasteiger partial charge in [0.05, 0.1) is 4.90 Å². The molecule has 2 aromatic carbocycles. The Kier molecular flexibility index (Phi) is 3.34. The Bertz CT molecular complexity index is 589. The van der Waals surface area contributed by atoms with E-state index in [1.165, 1.54) is 0 Å². The van der Waals surface area contributed by atoms with Crippen molar-refractivity contribution in [1.82, 2.24) is 0 Å². The summed E-state index contributed by atoms with van der Waals surface area (Å²) in [6, 6.07) is 16.9. The second-order valence-electron chi connectivity index (χ2n) is 3.79. The maximum atomic E-state index is 11.6. The molecule has 0 aliphatic heterocycles. The molecule has 0 saturated carbocycles. The zero-order valence-corrected chi connectivity index (χ0v) is 10.4. The highest BCUT2D eigenvalue weighted by Gasteiger charge is 2.10. The number of sulfone groups is 1. The zero-order valence-electron chi connectivity index (χ0n) is 9.63. The fraction of sp³-hybridized carbons (Fsp3) is 0.0769. The Balaban J connectivity index is 2.38. The summed E-state index contributed by atoms with van der Waals surface area (Å²) in [6.07, 6.45) is 0. The molecule has 4 heteroatoms. The Labute approximate surface area is 103 Å². The molecular weight excluding hydrogens is 231 g/mol. The van der Waals surface area contributed by atoms with E-state index in [-0.39, 0.29) is 5.65 Å². The van der Waals surface area contributed by atoms with Gasteiger partial charge in [0, 0.05) is 5.65 Å². The van der Waals surface area contributed by atoms with E-state index < -0.39 is 9.84 Å². The van der Waals surface area contributed by atoms with E-state index >= 15 is 0 Å². The average molecular weight is 244 g/mol. The van der Waals surface area contributed by atoms with Crippen molar-refractivity contribution in [3.05, 3.63) is 54.6 Å². The Morgan fingerprint density at radius 2 is 1.35 bits per heavy atom. The van der Waals surface area contributed by atoms with Crippen molar-refractivity contribution < 1.29 is 8.42 Å². The van der Waals surface area contributed by atoms with Crippen LogP contribution in [0, 0.1) is 0 Å². The van der Waals surface area contributed by atoms with E-state index in [1.54, 1.807) is 20.0 Å². The average Bonchev–Trinajstić information content (AvgIpc) is 2.40. The largest absolute Gasteiger partial charge is 0.224 e. The van der Waals surface area contributed by atoms with E-state index in [0.29, 0.717) is 4.90 Å². The molecule has 0 aliphatic rings. The molecule has 2 rings (SSSR count). The van der Waals surface area contributed by atoms with Crippen LogP contribution in [0.4, 0.5) is 0 Å². The highest BCUT2D eigenvalue weighted by Crippen LogP contribution is 2.21. The lowest BCUT2D eigenvalue weighted by molar-refractivity contribution is 0.600. The van der Waals surface area contributed by atoms with Crippen LogP contribution in [0.3, 0.4) is 0 Å². The Morgan fingerprint density at radius 3 is 1.88 bits per heavy atom. The van der Waals surface area contributed by atoms with Gasteiger partial charge in [-0.05, 0) is 23.3 Å². The van der Waals surface area contributed by atoms with E-state index in [2.05, 4.69) is 0 Å². The van der Waals surface area contributed by atoms with Gasteiger partial charge in [-0.15, -0.1) is 0 Å². The molecular formula is C13H13BO2S. The first-order valence-electron chi connectivity index (χ1n) is 5.52. The molecule has 0 bridgehead atoms. The third-order valence-corrected chi connectivity index (χ3v) is 4.45. The molecule has 0 aromatic heterocycles. The quantitative estimate of drug-likeness (QED) is 0.770. The SMILES string of the molecule is BCS(=O)(=O)c1ccc(-c2ccccc2)cc1. The summed E-state index contributed by atoms with van der Waals surface area (Å²) in [5.41, 5.74) is 2.26. The number of hydrogen-bond acceptors (Lipinski definition) is 2. The molecule has 0 N–H and O–H groups in total. The number of rotatable bonds is 3. The third-order valence-electron chi connectivity index (χ3n) is 2.70. The van der Waals surface area contributed by atoms with E-state index in [1.807, 2.05) is 42.5 Å². The summed E-state index contributed by atoms with van der Waals surface area (Å²) >= 11 is 0. The predicted molar refractivity (Wildman–Crippen MR) is 72.5 cm³/mol. The summed E-state index contributed by atoms with van der Waals surface area (Å²) in [5, 5.41) is 0. The van der Waals surface area contributed by atoms with Crippen molar-refractivity contribution >= 4 is 17.7 Å². The molecule has 86 valence electrons. The van der Waals surface area contributed by atoms with Crippen molar-refractivity contribution in [3.63, 3.8) is 0 Å². The van der Waals surface area contributed by atoms with Crippen molar-refractivity contribution in [3.8, 4) is 11.1 Å². The second kappa shape index (κ2) is 4.76. The molecule has 2 aromatic rings. The molecule has 0 saturated heterocycles. The zero-order chi connectivity index (χ0) is 12.3. The maximum Gasteiger partial charge on any atom is 0.170 e. The molecule has 0 amide bonds. The molecule has 0 radical (unpaired) electrons. The lowest BCUT2D eigenvalue weighted by Crippen LogP contribution is -2.05. The molecule has 0 fully saturated rings. The normalized spacial score (nSPS) is 11.3. The topological polar surface area (TPSA) is 34.1 Å². The summed E-state index contributed by atoms with van der Waals surface area (Å²) < 4.78 is 23.3. The highest BCUT2D eigenvalue weighted by atomic mass is 32.2. The fourth-order valence-corrected chi connectivity index (χ4v) is 2.54. The van der Waals surface area contributed by atoms with Crippen molar-refractivity contribution in [2.24, 2.45) is 0 Å². The molecule has 0 aliphatic carbocycles. The minimum atomic E-state index is -3.10. The second-order valence-corrected chi connectivity index (χ2v) is 6.07. The predicted octanol–water partition coefficient (Wildman–Crippen LogP) is 1.72. The highest BCUT2D eigenvalue weighted by molar-refractivity contribution is 7.92. The minimum Gasteiger partial charge on any atom is -0.224 e. The Morgan fingerprint density at radius 1 is 0.824 bits per heavy atom. The summed E-state index contributed by atoms with van der Waals surface area (Å²) in [5.74, 6) is 0. The van der Waals surface area contributed by atoms with Crippen LogP contribution in [0.5, 0.6) is 0 Å². The van der Waals surface area contributed by atoms with Crippen molar-refractivity contribution in [2.45, 2.75) is 4.90 Å². The van der Waals surface area contributed by atoms with Crippen LogP contribution < -0.4 is 0 Å². The third kappa shape index (κ3) is 2.58. The standard InChI is InChI=1S/C13H13BO2S/c14-10-17(15,16)13-8-6-12(7-9-13)11-4-2-1-3-5-11/h1-9H,10,14H2.